The van der Waals surface area contributed by atoms with Gasteiger partial charge in [0.15, 0.2) is 0 Å². The van der Waals surface area contributed by atoms with Crippen LogP contribution in [0.15, 0.2) is 18.2 Å². The van der Waals surface area contributed by atoms with Gasteiger partial charge in [-0.3, -0.25) is 0 Å². The van der Waals surface area contributed by atoms with Gasteiger partial charge in [-0.1, -0.05) is 44.4 Å². The molecule has 0 saturated heterocycles. The molecule has 2 N–H and O–H groups in total. The fourth-order valence-electron chi connectivity index (χ4n) is 2.11. The standard InChI is InChI=1S/C16H27ClN2/c1-4-6-10-19(11-7-5-2)16-9-8-14(13(3)18)12-15(16)17/h8-9,12-13H,4-7,10-11,18H2,1-3H3. The van der Waals surface area contributed by atoms with Gasteiger partial charge in [0.2, 0.25) is 0 Å². The summed E-state index contributed by atoms with van der Waals surface area (Å²) < 4.78 is 0. The van der Waals surface area contributed by atoms with E-state index in [0.29, 0.717) is 0 Å². The van der Waals surface area contributed by atoms with Crippen LogP contribution in [0.25, 0.3) is 0 Å². The Morgan fingerprint density at radius 1 is 1.16 bits per heavy atom. The lowest BCUT2D eigenvalue weighted by molar-refractivity contribution is 0.678. The second-order valence-electron chi connectivity index (χ2n) is 5.19. The van der Waals surface area contributed by atoms with Crippen LogP contribution < -0.4 is 10.6 Å². The minimum atomic E-state index is 0.0336. The van der Waals surface area contributed by atoms with E-state index < -0.39 is 0 Å². The summed E-state index contributed by atoms with van der Waals surface area (Å²) in [5.41, 5.74) is 8.14. The maximum Gasteiger partial charge on any atom is 0.0642 e. The lowest BCUT2D eigenvalue weighted by Gasteiger charge is -2.26. The van der Waals surface area contributed by atoms with Crippen LogP contribution in [-0.2, 0) is 0 Å². The SMILES string of the molecule is CCCCN(CCCC)c1ccc(C(C)N)cc1Cl. The zero-order valence-corrected chi connectivity index (χ0v) is 13.2. The molecule has 0 aliphatic rings. The third-order valence-electron chi connectivity index (χ3n) is 3.40. The first-order valence-electron chi connectivity index (χ1n) is 7.40. The summed E-state index contributed by atoms with van der Waals surface area (Å²) in [7, 11) is 0. The van der Waals surface area contributed by atoms with Crippen LogP contribution in [0.2, 0.25) is 5.02 Å². The molecule has 0 aliphatic carbocycles. The highest BCUT2D eigenvalue weighted by Crippen LogP contribution is 2.29. The zero-order chi connectivity index (χ0) is 14.3. The molecule has 0 aliphatic heterocycles. The van der Waals surface area contributed by atoms with E-state index in [1.165, 1.54) is 25.7 Å². The molecule has 0 bridgehead atoms. The molecule has 1 rings (SSSR count). The summed E-state index contributed by atoms with van der Waals surface area (Å²) in [6.45, 7) is 8.58. The van der Waals surface area contributed by atoms with Crippen LogP contribution >= 0.6 is 11.6 Å². The molecule has 1 unspecified atom stereocenters. The number of halogens is 1. The van der Waals surface area contributed by atoms with Crippen molar-refractivity contribution in [3.63, 3.8) is 0 Å². The molecular weight excluding hydrogens is 256 g/mol. The average Bonchev–Trinajstić information content (AvgIpc) is 2.39. The maximum atomic E-state index is 6.43. The number of hydrogen-bond donors (Lipinski definition) is 1. The van der Waals surface area contributed by atoms with Crippen LogP contribution in [0, 0.1) is 0 Å². The summed E-state index contributed by atoms with van der Waals surface area (Å²) in [6, 6.07) is 6.25. The predicted molar refractivity (Wildman–Crippen MR) is 86.1 cm³/mol. The first kappa shape index (κ1) is 16.3. The lowest BCUT2D eigenvalue weighted by atomic mass is 10.1. The summed E-state index contributed by atoms with van der Waals surface area (Å²) in [4.78, 5) is 2.40. The van der Waals surface area contributed by atoms with Gasteiger partial charge in [0.05, 0.1) is 10.7 Å². The van der Waals surface area contributed by atoms with E-state index >= 15 is 0 Å². The molecule has 1 aromatic rings. The van der Waals surface area contributed by atoms with E-state index in [2.05, 4.69) is 30.9 Å². The molecule has 0 radical (unpaired) electrons. The molecule has 19 heavy (non-hydrogen) atoms. The number of rotatable bonds is 8. The Morgan fingerprint density at radius 2 is 1.74 bits per heavy atom. The largest absolute Gasteiger partial charge is 0.370 e. The third kappa shape index (κ3) is 5.04. The molecule has 1 aromatic carbocycles. The second kappa shape index (κ2) is 8.44. The molecule has 0 spiro atoms. The highest BCUT2D eigenvalue weighted by molar-refractivity contribution is 6.33. The topological polar surface area (TPSA) is 29.3 Å². The number of unbranched alkanes of at least 4 members (excludes halogenated alkanes) is 2. The number of nitrogens with two attached hydrogens (primary N) is 1. The van der Waals surface area contributed by atoms with Gasteiger partial charge in [0.25, 0.3) is 0 Å². The van der Waals surface area contributed by atoms with Gasteiger partial charge in [-0.25, -0.2) is 0 Å². The summed E-state index contributed by atoms with van der Waals surface area (Å²) in [6.07, 6.45) is 4.82. The van der Waals surface area contributed by atoms with Crippen LogP contribution in [0.4, 0.5) is 5.69 Å². The Bertz CT molecular complexity index is 369. The lowest BCUT2D eigenvalue weighted by Crippen LogP contribution is -2.26. The van der Waals surface area contributed by atoms with Crippen LogP contribution in [0.3, 0.4) is 0 Å². The van der Waals surface area contributed by atoms with Gasteiger partial charge < -0.3 is 10.6 Å². The van der Waals surface area contributed by atoms with Gasteiger partial charge in [-0.05, 0) is 37.5 Å². The van der Waals surface area contributed by atoms with Crippen molar-refractivity contribution in [3.8, 4) is 0 Å². The molecule has 3 heteroatoms. The number of anilines is 1. The third-order valence-corrected chi connectivity index (χ3v) is 3.70. The van der Waals surface area contributed by atoms with Crippen molar-refractivity contribution >= 4 is 17.3 Å². The molecule has 0 heterocycles. The minimum absolute atomic E-state index is 0.0336. The molecule has 0 fully saturated rings. The van der Waals surface area contributed by atoms with Crippen molar-refractivity contribution in [2.75, 3.05) is 18.0 Å². The fourth-order valence-corrected chi connectivity index (χ4v) is 2.42. The molecule has 0 aromatic heterocycles. The van der Waals surface area contributed by atoms with E-state index in [9.17, 15) is 0 Å². The normalized spacial score (nSPS) is 12.5. The average molecular weight is 283 g/mol. The van der Waals surface area contributed by atoms with Gasteiger partial charge in [0.1, 0.15) is 0 Å². The summed E-state index contributed by atoms with van der Waals surface area (Å²) in [5.74, 6) is 0. The monoisotopic (exact) mass is 282 g/mol. The van der Waals surface area contributed by atoms with Crippen molar-refractivity contribution in [2.45, 2.75) is 52.5 Å². The van der Waals surface area contributed by atoms with Gasteiger partial charge >= 0.3 is 0 Å². The van der Waals surface area contributed by atoms with Crippen molar-refractivity contribution < 1.29 is 0 Å². The highest BCUT2D eigenvalue weighted by atomic mass is 35.5. The van der Waals surface area contributed by atoms with E-state index in [4.69, 9.17) is 17.3 Å². The number of nitrogens with zero attached hydrogens (tertiary/aromatic N) is 1. The van der Waals surface area contributed by atoms with E-state index in [1.54, 1.807) is 0 Å². The first-order valence-corrected chi connectivity index (χ1v) is 7.77. The Morgan fingerprint density at radius 3 is 2.16 bits per heavy atom. The van der Waals surface area contributed by atoms with Crippen molar-refractivity contribution in [2.24, 2.45) is 5.73 Å². The minimum Gasteiger partial charge on any atom is -0.370 e. The molecule has 2 nitrogen and oxygen atoms in total. The summed E-state index contributed by atoms with van der Waals surface area (Å²) in [5, 5.41) is 0.821. The predicted octanol–water partition coefficient (Wildman–Crippen LogP) is 4.77. The van der Waals surface area contributed by atoms with Gasteiger partial charge in [-0.15, -0.1) is 0 Å². The van der Waals surface area contributed by atoms with Crippen molar-refractivity contribution in [1.29, 1.82) is 0 Å². The van der Waals surface area contributed by atoms with E-state index in [-0.39, 0.29) is 6.04 Å². The first-order chi connectivity index (χ1) is 9.10. The Balaban J connectivity index is 2.87. The van der Waals surface area contributed by atoms with Gasteiger partial charge in [-0.2, -0.15) is 0 Å². The van der Waals surface area contributed by atoms with E-state index in [1.807, 2.05) is 13.0 Å². The fraction of sp³-hybridized carbons (Fsp3) is 0.625. The van der Waals surface area contributed by atoms with Crippen LogP contribution in [0.5, 0.6) is 0 Å². The highest BCUT2D eigenvalue weighted by Gasteiger charge is 2.11. The Kier molecular flexibility index (Phi) is 7.25. The van der Waals surface area contributed by atoms with Gasteiger partial charge in [0, 0.05) is 19.1 Å². The number of benzene rings is 1. The Hall–Kier alpha value is -0.730. The smallest absolute Gasteiger partial charge is 0.0642 e. The second-order valence-corrected chi connectivity index (χ2v) is 5.60. The number of hydrogen-bond acceptors (Lipinski definition) is 2. The molecule has 0 saturated carbocycles. The molecule has 108 valence electrons. The molecular formula is C16H27ClN2. The van der Waals surface area contributed by atoms with Crippen molar-refractivity contribution in [1.82, 2.24) is 0 Å². The quantitative estimate of drug-likeness (QED) is 0.744. The summed E-state index contributed by atoms with van der Waals surface area (Å²) >= 11 is 6.43. The van der Waals surface area contributed by atoms with Crippen LogP contribution in [-0.4, -0.2) is 13.1 Å². The molecule has 0 amide bonds. The zero-order valence-electron chi connectivity index (χ0n) is 12.5. The van der Waals surface area contributed by atoms with Crippen LogP contribution in [0.1, 0.15) is 58.1 Å². The van der Waals surface area contributed by atoms with E-state index in [0.717, 1.165) is 29.4 Å². The maximum absolute atomic E-state index is 6.43. The molecule has 1 atom stereocenters. The van der Waals surface area contributed by atoms with Crippen molar-refractivity contribution in [3.05, 3.63) is 28.8 Å². The Labute approximate surface area is 122 Å².